The number of alkyl halides is 4. The van der Waals surface area contributed by atoms with Crippen molar-refractivity contribution < 1.29 is 32.2 Å². The molecule has 0 aliphatic heterocycles. The van der Waals surface area contributed by atoms with E-state index in [2.05, 4.69) is 14.5 Å². The third-order valence-corrected chi connectivity index (χ3v) is 2.48. The molecule has 0 saturated heterocycles. The molecule has 9 heteroatoms. The summed E-state index contributed by atoms with van der Waals surface area (Å²) in [5, 5.41) is 0. The Morgan fingerprint density at radius 2 is 2.05 bits per heavy atom. The lowest BCUT2D eigenvalue weighted by Crippen LogP contribution is -2.19. The molecule has 1 rings (SSSR count). The van der Waals surface area contributed by atoms with Crippen LogP contribution < -0.4 is 9.47 Å². The molecule has 0 saturated carbocycles. The van der Waals surface area contributed by atoms with Gasteiger partial charge in [-0.25, -0.2) is 4.98 Å². The Balaban J connectivity index is 3.22. The molecule has 1 heterocycles. The molecule has 0 N–H and O–H groups in total. The van der Waals surface area contributed by atoms with Crippen molar-refractivity contribution in [3.8, 4) is 11.6 Å². The number of carbonyl (C=O) groups is 1. The van der Waals surface area contributed by atoms with Gasteiger partial charge in [0.1, 0.15) is 0 Å². The first-order chi connectivity index (χ1) is 9.30. The molecule has 0 aromatic carbocycles. The summed E-state index contributed by atoms with van der Waals surface area (Å²) in [4.78, 5) is 15.0. The summed E-state index contributed by atoms with van der Waals surface area (Å²) in [7, 11) is 2.30. The number of rotatable bonds is 5. The SMILES string of the molecule is COC(=O)Cc1cc(OC(F)(F)F)c(OC)nc1CCl. The Kier molecular flexibility index (Phi) is 5.43. The Bertz CT molecular complexity index is 493. The van der Waals surface area contributed by atoms with Crippen LogP contribution in [0.5, 0.6) is 11.6 Å². The van der Waals surface area contributed by atoms with Crippen LogP contribution in [0.1, 0.15) is 11.3 Å². The van der Waals surface area contributed by atoms with Gasteiger partial charge in [-0.2, -0.15) is 0 Å². The van der Waals surface area contributed by atoms with Gasteiger partial charge in [0, 0.05) is 0 Å². The highest BCUT2D eigenvalue weighted by Gasteiger charge is 2.33. The number of hydrogen-bond donors (Lipinski definition) is 0. The van der Waals surface area contributed by atoms with Crippen molar-refractivity contribution in [1.82, 2.24) is 4.98 Å². The molecular weight excluding hydrogens is 303 g/mol. The predicted octanol–water partition coefficient (Wildman–Crippen LogP) is 2.44. The van der Waals surface area contributed by atoms with Crippen LogP contribution in [-0.2, 0) is 21.8 Å². The van der Waals surface area contributed by atoms with Crippen LogP contribution in [0.3, 0.4) is 0 Å². The second-order valence-electron chi connectivity index (χ2n) is 3.54. The lowest BCUT2D eigenvalue weighted by molar-refractivity contribution is -0.275. The van der Waals surface area contributed by atoms with E-state index in [-0.39, 0.29) is 29.4 Å². The molecule has 20 heavy (non-hydrogen) atoms. The van der Waals surface area contributed by atoms with Gasteiger partial charge in [-0.15, -0.1) is 24.8 Å². The van der Waals surface area contributed by atoms with Crippen molar-refractivity contribution in [3.05, 3.63) is 17.3 Å². The molecule has 0 aliphatic rings. The van der Waals surface area contributed by atoms with E-state index in [4.69, 9.17) is 16.3 Å². The molecule has 0 aliphatic carbocycles. The van der Waals surface area contributed by atoms with Crippen molar-refractivity contribution in [2.75, 3.05) is 14.2 Å². The van der Waals surface area contributed by atoms with Crippen LogP contribution in [-0.4, -0.2) is 31.5 Å². The molecule has 0 fully saturated rings. The third-order valence-electron chi connectivity index (χ3n) is 2.23. The molecule has 1 aromatic rings. The average molecular weight is 314 g/mol. The summed E-state index contributed by atoms with van der Waals surface area (Å²) >= 11 is 5.64. The van der Waals surface area contributed by atoms with Gasteiger partial charge in [0.25, 0.3) is 5.88 Å². The highest BCUT2D eigenvalue weighted by molar-refractivity contribution is 6.17. The Labute approximate surface area is 117 Å². The molecular formula is C11H11ClF3NO4. The second kappa shape index (κ2) is 6.65. The van der Waals surface area contributed by atoms with Crippen LogP contribution in [0.4, 0.5) is 13.2 Å². The lowest BCUT2D eigenvalue weighted by Gasteiger charge is -2.14. The minimum Gasteiger partial charge on any atom is -0.478 e. The van der Waals surface area contributed by atoms with E-state index in [1.807, 2.05) is 0 Å². The molecule has 0 amide bonds. The smallest absolute Gasteiger partial charge is 0.478 e. The number of nitrogens with zero attached hydrogens (tertiary/aromatic N) is 1. The van der Waals surface area contributed by atoms with Gasteiger partial charge in [0.2, 0.25) is 0 Å². The maximum Gasteiger partial charge on any atom is 0.573 e. The summed E-state index contributed by atoms with van der Waals surface area (Å²) < 4.78 is 49.8. The van der Waals surface area contributed by atoms with Gasteiger partial charge in [0.05, 0.1) is 32.2 Å². The maximum absolute atomic E-state index is 12.3. The first kappa shape index (κ1) is 16.4. The van der Waals surface area contributed by atoms with Crippen LogP contribution in [0.15, 0.2) is 6.07 Å². The Morgan fingerprint density at radius 3 is 2.50 bits per heavy atom. The van der Waals surface area contributed by atoms with E-state index in [0.717, 1.165) is 20.3 Å². The molecule has 112 valence electrons. The van der Waals surface area contributed by atoms with Crippen LogP contribution in [0.25, 0.3) is 0 Å². The van der Waals surface area contributed by atoms with Crippen LogP contribution >= 0.6 is 11.6 Å². The fourth-order valence-corrected chi connectivity index (χ4v) is 1.62. The van der Waals surface area contributed by atoms with E-state index in [1.165, 1.54) is 0 Å². The average Bonchev–Trinajstić information content (AvgIpc) is 2.37. The maximum atomic E-state index is 12.3. The minimum absolute atomic E-state index is 0.102. The minimum atomic E-state index is -4.90. The van der Waals surface area contributed by atoms with Crippen LogP contribution in [0, 0.1) is 0 Å². The van der Waals surface area contributed by atoms with E-state index in [1.54, 1.807) is 0 Å². The summed E-state index contributed by atoms with van der Waals surface area (Å²) in [6, 6.07) is 1.01. The standard InChI is InChI=1S/C11H11ClF3NO4/c1-18-9(17)4-6-3-8(20-11(13,14)15)10(19-2)16-7(6)5-12/h3H,4-5H2,1-2H3. The molecule has 0 spiro atoms. The number of ether oxygens (including phenoxy) is 3. The fourth-order valence-electron chi connectivity index (χ4n) is 1.39. The zero-order valence-electron chi connectivity index (χ0n) is 10.6. The number of halogens is 4. The lowest BCUT2D eigenvalue weighted by atomic mass is 10.1. The number of pyridine rings is 1. The van der Waals surface area contributed by atoms with Crippen molar-refractivity contribution >= 4 is 17.6 Å². The van der Waals surface area contributed by atoms with Crippen molar-refractivity contribution in [3.63, 3.8) is 0 Å². The van der Waals surface area contributed by atoms with E-state index in [0.29, 0.717) is 0 Å². The van der Waals surface area contributed by atoms with E-state index >= 15 is 0 Å². The third kappa shape index (κ3) is 4.44. The van der Waals surface area contributed by atoms with Gasteiger partial charge in [-0.1, -0.05) is 0 Å². The number of aromatic nitrogens is 1. The van der Waals surface area contributed by atoms with Gasteiger partial charge in [0.15, 0.2) is 5.75 Å². The summed E-state index contributed by atoms with van der Waals surface area (Å²) in [6.07, 6.45) is -5.18. The molecule has 0 bridgehead atoms. The highest BCUT2D eigenvalue weighted by atomic mass is 35.5. The van der Waals surface area contributed by atoms with Gasteiger partial charge in [-0.05, 0) is 11.6 Å². The van der Waals surface area contributed by atoms with Gasteiger partial charge in [-0.3, -0.25) is 4.79 Å². The first-order valence-electron chi connectivity index (χ1n) is 5.26. The number of hydrogen-bond acceptors (Lipinski definition) is 5. The summed E-state index contributed by atoms with van der Waals surface area (Å²) in [5.74, 6) is -1.75. The largest absolute Gasteiger partial charge is 0.573 e. The highest BCUT2D eigenvalue weighted by Crippen LogP contribution is 2.33. The molecule has 5 nitrogen and oxygen atoms in total. The summed E-state index contributed by atoms with van der Waals surface area (Å²) in [6.45, 7) is 0. The van der Waals surface area contributed by atoms with E-state index < -0.39 is 18.1 Å². The fraction of sp³-hybridized carbons (Fsp3) is 0.455. The summed E-state index contributed by atoms with van der Waals surface area (Å²) in [5.41, 5.74) is 0.385. The molecule has 0 atom stereocenters. The normalized spacial score (nSPS) is 11.1. The number of carbonyl (C=O) groups excluding carboxylic acids is 1. The zero-order valence-corrected chi connectivity index (χ0v) is 11.3. The van der Waals surface area contributed by atoms with Crippen LogP contribution in [0.2, 0.25) is 0 Å². The van der Waals surface area contributed by atoms with Gasteiger partial charge >= 0.3 is 12.3 Å². The number of esters is 1. The molecule has 1 aromatic heterocycles. The van der Waals surface area contributed by atoms with Crippen molar-refractivity contribution in [2.24, 2.45) is 0 Å². The quantitative estimate of drug-likeness (QED) is 0.617. The Hall–Kier alpha value is -1.70. The zero-order chi connectivity index (χ0) is 15.3. The second-order valence-corrected chi connectivity index (χ2v) is 3.80. The van der Waals surface area contributed by atoms with Gasteiger partial charge < -0.3 is 14.2 Å². The molecule has 0 radical (unpaired) electrons. The topological polar surface area (TPSA) is 57.7 Å². The number of methoxy groups -OCH3 is 2. The van der Waals surface area contributed by atoms with Crippen molar-refractivity contribution in [1.29, 1.82) is 0 Å². The predicted molar refractivity (Wildman–Crippen MR) is 62.7 cm³/mol. The first-order valence-corrected chi connectivity index (χ1v) is 5.79. The Morgan fingerprint density at radius 1 is 1.40 bits per heavy atom. The monoisotopic (exact) mass is 313 g/mol. The van der Waals surface area contributed by atoms with Crippen molar-refractivity contribution in [2.45, 2.75) is 18.7 Å². The molecule has 0 unspecified atom stereocenters. The van der Waals surface area contributed by atoms with E-state index in [9.17, 15) is 18.0 Å².